The number of rotatable bonds is 5. The molecular formula is C12H16F4N2O2S. The molecule has 0 amide bonds. The maximum absolute atomic E-state index is 13.2. The van der Waals surface area contributed by atoms with Crippen LogP contribution in [0.2, 0.25) is 0 Å². The summed E-state index contributed by atoms with van der Waals surface area (Å²) in [6.45, 7) is 3.62. The highest BCUT2D eigenvalue weighted by molar-refractivity contribution is 7.92. The van der Waals surface area contributed by atoms with Crippen LogP contribution in [0.3, 0.4) is 0 Å². The molecule has 1 unspecified atom stereocenters. The molecule has 1 aromatic carbocycles. The Morgan fingerprint density at radius 2 is 1.86 bits per heavy atom. The molecule has 0 fully saturated rings. The van der Waals surface area contributed by atoms with Crippen LogP contribution in [-0.2, 0) is 9.84 Å². The molecule has 0 aliphatic heterocycles. The fourth-order valence-electron chi connectivity index (χ4n) is 1.66. The topological polar surface area (TPSA) is 72.2 Å². The van der Waals surface area contributed by atoms with Gasteiger partial charge in [0.25, 0.3) is 9.84 Å². The van der Waals surface area contributed by atoms with Crippen molar-refractivity contribution in [1.82, 2.24) is 0 Å². The Bertz CT molecular complexity index is 600. The first-order valence-electron chi connectivity index (χ1n) is 6.08. The minimum atomic E-state index is -5.65. The summed E-state index contributed by atoms with van der Waals surface area (Å²) in [5.74, 6) is -1.13. The normalized spacial score (nSPS) is 14.3. The molecule has 0 aromatic heterocycles. The van der Waals surface area contributed by atoms with Crippen LogP contribution >= 0.6 is 0 Å². The average molecular weight is 328 g/mol. The van der Waals surface area contributed by atoms with E-state index in [1.807, 2.05) is 0 Å². The van der Waals surface area contributed by atoms with E-state index in [0.717, 1.165) is 12.1 Å². The maximum Gasteiger partial charge on any atom is 0.501 e. The number of sulfone groups is 1. The Labute approximate surface area is 120 Å². The van der Waals surface area contributed by atoms with Crippen LogP contribution in [0, 0.1) is 11.7 Å². The van der Waals surface area contributed by atoms with Gasteiger partial charge in [-0.25, -0.2) is 12.8 Å². The smallest absolute Gasteiger partial charge is 0.380 e. The van der Waals surface area contributed by atoms with Gasteiger partial charge >= 0.3 is 5.51 Å². The minimum Gasteiger partial charge on any atom is -0.380 e. The molecule has 4 nitrogen and oxygen atoms in total. The summed E-state index contributed by atoms with van der Waals surface area (Å²) >= 11 is 0. The zero-order chi connectivity index (χ0) is 16.4. The molecule has 0 radical (unpaired) electrons. The van der Waals surface area contributed by atoms with E-state index >= 15 is 0 Å². The average Bonchev–Trinajstić information content (AvgIpc) is 2.35. The van der Waals surface area contributed by atoms with Gasteiger partial charge in [-0.1, -0.05) is 13.8 Å². The molecule has 0 aliphatic carbocycles. The molecule has 0 saturated heterocycles. The third kappa shape index (κ3) is 3.85. The molecule has 120 valence electrons. The van der Waals surface area contributed by atoms with Crippen LogP contribution in [-0.4, -0.2) is 26.5 Å². The maximum atomic E-state index is 13.2. The summed E-state index contributed by atoms with van der Waals surface area (Å²) in [6, 6.07) is 1.74. The van der Waals surface area contributed by atoms with Gasteiger partial charge in [0.15, 0.2) is 0 Å². The van der Waals surface area contributed by atoms with Crippen LogP contribution in [0.25, 0.3) is 0 Å². The van der Waals surface area contributed by atoms with Crippen molar-refractivity contribution < 1.29 is 26.0 Å². The monoisotopic (exact) mass is 328 g/mol. The van der Waals surface area contributed by atoms with Crippen LogP contribution in [0.15, 0.2) is 23.1 Å². The van der Waals surface area contributed by atoms with E-state index < -0.39 is 32.1 Å². The molecule has 0 bridgehead atoms. The molecule has 9 heteroatoms. The Hall–Kier alpha value is -1.35. The number of benzene rings is 1. The molecule has 0 aliphatic rings. The van der Waals surface area contributed by atoms with Crippen molar-refractivity contribution in [3.8, 4) is 0 Å². The van der Waals surface area contributed by atoms with E-state index in [1.165, 1.54) is 0 Å². The zero-order valence-electron chi connectivity index (χ0n) is 11.4. The highest BCUT2D eigenvalue weighted by Gasteiger charge is 2.48. The lowest BCUT2D eigenvalue weighted by atomic mass is 10.0. The lowest BCUT2D eigenvalue weighted by Crippen LogP contribution is -2.34. The molecule has 0 spiro atoms. The van der Waals surface area contributed by atoms with E-state index in [4.69, 9.17) is 5.73 Å². The summed E-state index contributed by atoms with van der Waals surface area (Å²) in [5.41, 5.74) is -0.340. The summed E-state index contributed by atoms with van der Waals surface area (Å²) in [6.07, 6.45) is 0. The van der Waals surface area contributed by atoms with Crippen molar-refractivity contribution in [1.29, 1.82) is 0 Å². The molecule has 1 rings (SSSR count). The van der Waals surface area contributed by atoms with Crippen LogP contribution in [0.4, 0.5) is 23.2 Å². The van der Waals surface area contributed by atoms with Crippen LogP contribution in [0.1, 0.15) is 13.8 Å². The summed E-state index contributed by atoms with van der Waals surface area (Å²) in [5, 5.41) is 2.63. The Morgan fingerprint density at radius 1 is 1.29 bits per heavy atom. The fraction of sp³-hybridized carbons (Fsp3) is 0.500. The van der Waals surface area contributed by atoms with Gasteiger partial charge in [0.1, 0.15) is 10.7 Å². The largest absolute Gasteiger partial charge is 0.501 e. The first-order valence-corrected chi connectivity index (χ1v) is 7.56. The quantitative estimate of drug-likeness (QED) is 0.815. The van der Waals surface area contributed by atoms with E-state index in [1.54, 1.807) is 13.8 Å². The lowest BCUT2D eigenvalue weighted by molar-refractivity contribution is -0.0435. The molecule has 1 aromatic rings. The molecule has 1 atom stereocenters. The summed E-state index contributed by atoms with van der Waals surface area (Å²) < 4.78 is 74.1. The molecule has 0 saturated carbocycles. The van der Waals surface area contributed by atoms with Crippen molar-refractivity contribution in [3.63, 3.8) is 0 Å². The Kier molecular flexibility index (Phi) is 5.21. The third-order valence-corrected chi connectivity index (χ3v) is 4.46. The van der Waals surface area contributed by atoms with Gasteiger partial charge in [0, 0.05) is 12.6 Å². The highest BCUT2D eigenvalue weighted by atomic mass is 32.2. The van der Waals surface area contributed by atoms with E-state index in [9.17, 15) is 26.0 Å². The first kappa shape index (κ1) is 17.7. The number of hydrogen-bond donors (Lipinski definition) is 2. The number of alkyl halides is 3. The van der Waals surface area contributed by atoms with Crippen molar-refractivity contribution >= 4 is 15.5 Å². The molecule has 0 heterocycles. The van der Waals surface area contributed by atoms with E-state index in [0.29, 0.717) is 6.07 Å². The third-order valence-electron chi connectivity index (χ3n) is 2.94. The second kappa shape index (κ2) is 6.18. The fourth-order valence-corrected chi connectivity index (χ4v) is 2.59. The standard InChI is InChI=1S/C12H16F4N2O2S/c1-7(2)10(6-17)18-9-4-3-8(13)5-11(9)21(19,20)12(14,15)16/h3-5,7,10,18H,6,17H2,1-2H3. The van der Waals surface area contributed by atoms with Gasteiger partial charge in [0.05, 0.1) is 5.69 Å². The van der Waals surface area contributed by atoms with Crippen molar-refractivity contribution in [2.24, 2.45) is 11.7 Å². The SMILES string of the molecule is CC(C)C(CN)Nc1ccc(F)cc1S(=O)(=O)C(F)(F)F. The second-order valence-corrected chi connectivity index (χ2v) is 6.73. The van der Waals surface area contributed by atoms with Crippen molar-refractivity contribution in [2.45, 2.75) is 30.3 Å². The predicted octanol–water partition coefficient (Wildman–Crippen LogP) is 2.51. The van der Waals surface area contributed by atoms with E-state index in [2.05, 4.69) is 5.32 Å². The van der Waals surface area contributed by atoms with Gasteiger partial charge in [0.2, 0.25) is 0 Å². The van der Waals surface area contributed by atoms with Gasteiger partial charge in [-0.05, 0) is 24.1 Å². The van der Waals surface area contributed by atoms with Gasteiger partial charge < -0.3 is 11.1 Å². The van der Waals surface area contributed by atoms with Crippen molar-refractivity contribution in [2.75, 3.05) is 11.9 Å². The summed E-state index contributed by atoms with van der Waals surface area (Å²) in [7, 11) is -5.65. The highest BCUT2D eigenvalue weighted by Crippen LogP contribution is 2.35. The molecule has 3 N–H and O–H groups in total. The van der Waals surface area contributed by atoms with E-state index in [-0.39, 0.29) is 18.2 Å². The van der Waals surface area contributed by atoms with Gasteiger partial charge in [-0.15, -0.1) is 0 Å². The number of hydrogen-bond acceptors (Lipinski definition) is 4. The number of halogens is 4. The van der Waals surface area contributed by atoms with Crippen LogP contribution < -0.4 is 11.1 Å². The molecular weight excluding hydrogens is 312 g/mol. The Morgan fingerprint density at radius 3 is 2.29 bits per heavy atom. The van der Waals surface area contributed by atoms with Crippen molar-refractivity contribution in [3.05, 3.63) is 24.0 Å². The van der Waals surface area contributed by atoms with Crippen LogP contribution in [0.5, 0.6) is 0 Å². The van der Waals surface area contributed by atoms with Gasteiger partial charge in [-0.2, -0.15) is 13.2 Å². The zero-order valence-corrected chi connectivity index (χ0v) is 12.2. The Balaban J connectivity index is 3.37. The second-order valence-electron chi connectivity index (χ2n) is 4.82. The lowest BCUT2D eigenvalue weighted by Gasteiger charge is -2.23. The number of anilines is 1. The number of nitrogens with one attached hydrogen (secondary N) is 1. The summed E-state index contributed by atoms with van der Waals surface area (Å²) in [4.78, 5) is -1.14. The predicted molar refractivity (Wildman–Crippen MR) is 70.9 cm³/mol. The number of nitrogens with two attached hydrogens (primary N) is 1. The first-order chi connectivity index (χ1) is 9.50. The van der Waals surface area contributed by atoms with Gasteiger partial charge in [-0.3, -0.25) is 0 Å². The molecule has 21 heavy (non-hydrogen) atoms. The minimum absolute atomic E-state index is 0.0542.